The van der Waals surface area contributed by atoms with Crippen molar-refractivity contribution in [3.8, 4) is 0 Å². The summed E-state index contributed by atoms with van der Waals surface area (Å²) in [6.45, 7) is 0.784. The molecule has 0 amide bonds. The van der Waals surface area contributed by atoms with Gasteiger partial charge in [0.1, 0.15) is 0 Å². The molecule has 0 saturated heterocycles. The number of hydrogen-bond donors (Lipinski definition) is 1. The minimum atomic E-state index is 0.784. The first-order chi connectivity index (χ1) is 9.86. The Hall–Kier alpha value is -2.00. The molecule has 0 aliphatic carbocycles. The highest BCUT2D eigenvalue weighted by atomic mass is 32.2. The molecule has 1 N–H and O–H groups in total. The first kappa shape index (κ1) is 13.0. The van der Waals surface area contributed by atoms with E-state index in [1.807, 2.05) is 12.3 Å². The van der Waals surface area contributed by atoms with Gasteiger partial charge in [-0.25, -0.2) is 0 Å². The lowest BCUT2D eigenvalue weighted by atomic mass is 10.1. The van der Waals surface area contributed by atoms with Crippen molar-refractivity contribution in [1.29, 1.82) is 0 Å². The predicted octanol–water partition coefficient (Wildman–Crippen LogP) is 4.57. The van der Waals surface area contributed by atoms with E-state index < -0.39 is 0 Å². The van der Waals surface area contributed by atoms with E-state index in [0.717, 1.165) is 17.7 Å². The molecular formula is C17H16N2S. The minimum Gasteiger partial charge on any atom is -0.381 e. The fraction of sp³-hybridized carbons (Fsp3) is 0.118. The van der Waals surface area contributed by atoms with E-state index in [-0.39, 0.29) is 0 Å². The lowest BCUT2D eigenvalue weighted by molar-refractivity contribution is 1.15. The second-order valence-electron chi connectivity index (χ2n) is 4.58. The van der Waals surface area contributed by atoms with Gasteiger partial charge in [0.2, 0.25) is 0 Å². The van der Waals surface area contributed by atoms with Crippen molar-refractivity contribution in [2.24, 2.45) is 0 Å². The summed E-state index contributed by atoms with van der Waals surface area (Å²) < 4.78 is 0. The maximum Gasteiger partial charge on any atom is 0.0751 e. The Balaban J connectivity index is 1.83. The van der Waals surface area contributed by atoms with Crippen LogP contribution in [0.2, 0.25) is 0 Å². The highest BCUT2D eigenvalue weighted by Crippen LogP contribution is 2.21. The predicted molar refractivity (Wildman–Crippen MR) is 87.3 cm³/mol. The molecule has 0 unspecified atom stereocenters. The van der Waals surface area contributed by atoms with Gasteiger partial charge in [0, 0.05) is 28.7 Å². The number of benzene rings is 2. The number of rotatable bonds is 4. The summed E-state index contributed by atoms with van der Waals surface area (Å²) in [6, 6.07) is 18.8. The van der Waals surface area contributed by atoms with Crippen LogP contribution in [0.5, 0.6) is 0 Å². The fourth-order valence-electron chi connectivity index (χ4n) is 2.24. The quantitative estimate of drug-likeness (QED) is 0.709. The number of fused-ring (bicyclic) bond motifs is 1. The van der Waals surface area contributed by atoms with Gasteiger partial charge in [0.25, 0.3) is 0 Å². The third kappa shape index (κ3) is 2.78. The van der Waals surface area contributed by atoms with Gasteiger partial charge in [-0.05, 0) is 36.1 Å². The molecule has 0 saturated carbocycles. The Morgan fingerprint density at radius 2 is 1.90 bits per heavy atom. The second-order valence-corrected chi connectivity index (χ2v) is 5.46. The summed E-state index contributed by atoms with van der Waals surface area (Å²) in [4.78, 5) is 5.75. The molecule has 0 aliphatic rings. The number of aromatic nitrogens is 1. The van der Waals surface area contributed by atoms with Crippen LogP contribution < -0.4 is 5.32 Å². The van der Waals surface area contributed by atoms with Crippen LogP contribution in [0.1, 0.15) is 5.56 Å². The topological polar surface area (TPSA) is 24.9 Å². The molecule has 0 atom stereocenters. The highest BCUT2D eigenvalue weighted by Gasteiger charge is 2.01. The molecule has 20 heavy (non-hydrogen) atoms. The van der Waals surface area contributed by atoms with Crippen molar-refractivity contribution in [2.45, 2.75) is 11.4 Å². The number of pyridine rings is 1. The Morgan fingerprint density at radius 1 is 1.05 bits per heavy atom. The van der Waals surface area contributed by atoms with Crippen molar-refractivity contribution < 1.29 is 0 Å². The van der Waals surface area contributed by atoms with Crippen molar-refractivity contribution in [3.63, 3.8) is 0 Å². The van der Waals surface area contributed by atoms with Gasteiger partial charge in [-0.2, -0.15) is 0 Å². The number of nitrogens with one attached hydrogen (secondary N) is 1. The molecule has 0 spiro atoms. The van der Waals surface area contributed by atoms with E-state index in [0.29, 0.717) is 0 Å². The fourth-order valence-corrected chi connectivity index (χ4v) is 2.70. The SMILES string of the molecule is CSc1cccc(NCc2cccc3cccnc23)c1. The average molecular weight is 280 g/mol. The molecule has 3 aromatic rings. The van der Waals surface area contributed by atoms with Crippen LogP contribution in [0.25, 0.3) is 10.9 Å². The van der Waals surface area contributed by atoms with Crippen molar-refractivity contribution >= 4 is 28.4 Å². The molecule has 3 rings (SSSR count). The highest BCUT2D eigenvalue weighted by molar-refractivity contribution is 7.98. The van der Waals surface area contributed by atoms with Gasteiger partial charge in [-0.3, -0.25) is 4.98 Å². The normalized spacial score (nSPS) is 10.7. The monoisotopic (exact) mass is 280 g/mol. The van der Waals surface area contributed by atoms with Gasteiger partial charge in [0.05, 0.1) is 5.52 Å². The van der Waals surface area contributed by atoms with Crippen LogP contribution in [0.4, 0.5) is 5.69 Å². The number of nitrogens with zero attached hydrogens (tertiary/aromatic N) is 1. The Morgan fingerprint density at radius 3 is 2.80 bits per heavy atom. The van der Waals surface area contributed by atoms with E-state index in [4.69, 9.17) is 0 Å². The maximum atomic E-state index is 4.48. The van der Waals surface area contributed by atoms with Crippen LogP contribution in [-0.4, -0.2) is 11.2 Å². The number of anilines is 1. The zero-order chi connectivity index (χ0) is 13.8. The summed E-state index contributed by atoms with van der Waals surface area (Å²) in [5.41, 5.74) is 3.44. The van der Waals surface area contributed by atoms with E-state index in [2.05, 4.69) is 65.1 Å². The third-order valence-corrected chi connectivity index (χ3v) is 3.99. The molecule has 3 heteroatoms. The molecule has 0 fully saturated rings. The molecule has 0 radical (unpaired) electrons. The van der Waals surface area contributed by atoms with E-state index in [1.165, 1.54) is 15.8 Å². The van der Waals surface area contributed by atoms with Crippen molar-refractivity contribution in [1.82, 2.24) is 4.98 Å². The molecule has 2 nitrogen and oxygen atoms in total. The summed E-state index contributed by atoms with van der Waals surface area (Å²) in [6.07, 6.45) is 3.94. The average Bonchev–Trinajstić information content (AvgIpc) is 2.53. The Kier molecular flexibility index (Phi) is 3.88. The van der Waals surface area contributed by atoms with Crippen LogP contribution in [0.3, 0.4) is 0 Å². The van der Waals surface area contributed by atoms with Crippen LogP contribution in [0, 0.1) is 0 Å². The first-order valence-corrected chi connectivity index (χ1v) is 7.80. The lowest BCUT2D eigenvalue weighted by Crippen LogP contribution is -2.00. The van der Waals surface area contributed by atoms with Gasteiger partial charge in [0.15, 0.2) is 0 Å². The summed E-state index contributed by atoms with van der Waals surface area (Å²) >= 11 is 1.75. The zero-order valence-electron chi connectivity index (χ0n) is 11.3. The minimum absolute atomic E-state index is 0.784. The Labute approximate surface area is 123 Å². The molecule has 1 aromatic heterocycles. The smallest absolute Gasteiger partial charge is 0.0751 e. The first-order valence-electron chi connectivity index (χ1n) is 6.57. The van der Waals surface area contributed by atoms with E-state index in [1.54, 1.807) is 11.8 Å². The van der Waals surface area contributed by atoms with E-state index in [9.17, 15) is 0 Å². The number of para-hydroxylation sites is 1. The van der Waals surface area contributed by atoms with Crippen molar-refractivity contribution in [2.75, 3.05) is 11.6 Å². The molecule has 100 valence electrons. The third-order valence-electron chi connectivity index (χ3n) is 3.27. The second kappa shape index (κ2) is 5.97. The van der Waals surface area contributed by atoms with Gasteiger partial charge < -0.3 is 5.32 Å². The van der Waals surface area contributed by atoms with Gasteiger partial charge in [-0.1, -0.05) is 30.3 Å². The molecule has 1 heterocycles. The maximum absolute atomic E-state index is 4.48. The zero-order valence-corrected chi connectivity index (χ0v) is 12.2. The molecule has 2 aromatic carbocycles. The van der Waals surface area contributed by atoms with Crippen molar-refractivity contribution in [3.05, 3.63) is 66.4 Å². The molecule has 0 bridgehead atoms. The van der Waals surface area contributed by atoms with E-state index >= 15 is 0 Å². The lowest BCUT2D eigenvalue weighted by Gasteiger charge is -2.09. The number of hydrogen-bond acceptors (Lipinski definition) is 3. The van der Waals surface area contributed by atoms with Gasteiger partial charge >= 0.3 is 0 Å². The molecule has 0 aliphatic heterocycles. The standard InChI is InChI=1S/C17H16N2S/c1-20-16-9-3-8-15(11-16)19-12-14-6-2-5-13-7-4-10-18-17(13)14/h2-11,19H,12H2,1H3. The summed E-state index contributed by atoms with van der Waals surface area (Å²) in [5.74, 6) is 0. The molecular weight excluding hydrogens is 264 g/mol. The summed E-state index contributed by atoms with van der Waals surface area (Å²) in [7, 11) is 0. The summed E-state index contributed by atoms with van der Waals surface area (Å²) in [5, 5.41) is 4.66. The number of thioether (sulfide) groups is 1. The largest absolute Gasteiger partial charge is 0.381 e. The van der Waals surface area contributed by atoms with Crippen LogP contribution in [0.15, 0.2) is 65.7 Å². The van der Waals surface area contributed by atoms with Crippen LogP contribution >= 0.6 is 11.8 Å². The Bertz CT molecular complexity index is 720. The van der Waals surface area contributed by atoms with Crippen LogP contribution in [-0.2, 0) is 6.54 Å². The van der Waals surface area contributed by atoms with Gasteiger partial charge in [-0.15, -0.1) is 11.8 Å².